The molecule has 0 bridgehead atoms. The molecule has 2 N–H and O–H groups in total. The predicted octanol–water partition coefficient (Wildman–Crippen LogP) is 2.63. The number of hydrogen-bond donors (Lipinski definition) is 2. The smallest absolute Gasteiger partial charge is 0.233 e. The summed E-state index contributed by atoms with van der Waals surface area (Å²) in [5, 5.41) is 6.78. The van der Waals surface area contributed by atoms with Crippen molar-refractivity contribution in [2.24, 2.45) is 5.92 Å². The Hall–Kier alpha value is -1.06. The van der Waals surface area contributed by atoms with Crippen LogP contribution in [0.5, 0.6) is 0 Å². The maximum atomic E-state index is 11.5. The molecule has 0 aliphatic carbocycles. The molecule has 3 nitrogen and oxygen atoms in total. The number of nitrogens with one attached hydrogen (secondary N) is 2. The topological polar surface area (TPSA) is 41.1 Å². The molecule has 0 unspecified atom stereocenters. The molecule has 0 aliphatic heterocycles. The molecule has 106 valence electrons. The molecule has 0 aromatic heterocycles. The van der Waals surface area contributed by atoms with Crippen molar-refractivity contribution in [3.63, 3.8) is 0 Å². The van der Waals surface area contributed by atoms with Gasteiger partial charge in [0.05, 0.1) is 6.54 Å². The average Bonchev–Trinajstić information content (AvgIpc) is 2.37. The summed E-state index contributed by atoms with van der Waals surface area (Å²) < 4.78 is 0. The Kier molecular flexibility index (Phi) is 7.53. The Balaban J connectivity index is 2.08. The van der Waals surface area contributed by atoms with Crippen LogP contribution in [0, 0.1) is 5.92 Å². The normalized spacial score (nSPS) is 10.7. The quantitative estimate of drug-likeness (QED) is 0.720. The van der Waals surface area contributed by atoms with Crippen LogP contribution < -0.4 is 10.6 Å². The summed E-state index contributed by atoms with van der Waals surface area (Å²) in [6.07, 6.45) is 1.92. The Labute approximate surface area is 120 Å². The van der Waals surface area contributed by atoms with E-state index in [2.05, 4.69) is 24.5 Å². The molecule has 19 heavy (non-hydrogen) atoms. The first-order valence-corrected chi connectivity index (χ1v) is 7.17. The van der Waals surface area contributed by atoms with Crippen LogP contribution in [0.3, 0.4) is 0 Å². The molecule has 1 aromatic carbocycles. The molecule has 1 amide bonds. The van der Waals surface area contributed by atoms with Crippen LogP contribution in [0.15, 0.2) is 24.3 Å². The molecule has 0 radical (unpaired) electrons. The molecule has 1 aromatic rings. The lowest BCUT2D eigenvalue weighted by Gasteiger charge is -2.08. The zero-order valence-electron chi connectivity index (χ0n) is 11.7. The van der Waals surface area contributed by atoms with Gasteiger partial charge in [0, 0.05) is 11.6 Å². The second-order valence-electron chi connectivity index (χ2n) is 5.09. The lowest BCUT2D eigenvalue weighted by atomic mass is 10.1. The number of halogens is 1. The predicted molar refractivity (Wildman–Crippen MR) is 80.5 cm³/mol. The standard InChI is InChI=1S/C15H23ClN2O/c1-12(2)7-9-17-11-15(19)18-10-8-13-3-5-14(16)6-4-13/h3-6,12,17H,7-11H2,1-2H3,(H,18,19). The van der Waals surface area contributed by atoms with Crippen LogP contribution in [-0.4, -0.2) is 25.5 Å². The minimum Gasteiger partial charge on any atom is -0.355 e. The van der Waals surface area contributed by atoms with Crippen LogP contribution in [0.25, 0.3) is 0 Å². The van der Waals surface area contributed by atoms with Gasteiger partial charge in [0.1, 0.15) is 0 Å². The van der Waals surface area contributed by atoms with Gasteiger partial charge in [0.25, 0.3) is 0 Å². The average molecular weight is 283 g/mol. The van der Waals surface area contributed by atoms with Gasteiger partial charge in [-0.1, -0.05) is 37.6 Å². The fourth-order valence-electron chi connectivity index (χ4n) is 1.65. The van der Waals surface area contributed by atoms with Gasteiger partial charge in [-0.05, 0) is 43.0 Å². The highest BCUT2D eigenvalue weighted by molar-refractivity contribution is 6.30. The fourth-order valence-corrected chi connectivity index (χ4v) is 1.78. The summed E-state index contributed by atoms with van der Waals surface area (Å²) in [5.41, 5.74) is 1.18. The monoisotopic (exact) mass is 282 g/mol. The number of carbonyl (C=O) groups excluding carboxylic acids is 1. The Morgan fingerprint density at radius 1 is 1.21 bits per heavy atom. The van der Waals surface area contributed by atoms with Crippen LogP contribution in [0.1, 0.15) is 25.8 Å². The largest absolute Gasteiger partial charge is 0.355 e. The van der Waals surface area contributed by atoms with Crippen LogP contribution in [0.4, 0.5) is 0 Å². The van der Waals surface area contributed by atoms with E-state index >= 15 is 0 Å². The lowest BCUT2D eigenvalue weighted by Crippen LogP contribution is -2.35. The van der Waals surface area contributed by atoms with E-state index in [1.54, 1.807) is 0 Å². The SMILES string of the molecule is CC(C)CCNCC(=O)NCCc1ccc(Cl)cc1. The molecule has 0 saturated heterocycles. The maximum Gasteiger partial charge on any atom is 0.233 e. The second kappa shape index (κ2) is 8.94. The van der Waals surface area contributed by atoms with E-state index in [1.165, 1.54) is 5.56 Å². The fraction of sp³-hybridized carbons (Fsp3) is 0.533. The summed E-state index contributed by atoms with van der Waals surface area (Å²) in [6.45, 7) is 6.30. The number of carbonyl (C=O) groups is 1. The Morgan fingerprint density at radius 3 is 2.53 bits per heavy atom. The highest BCUT2D eigenvalue weighted by Crippen LogP contribution is 2.09. The molecule has 4 heteroatoms. The van der Waals surface area contributed by atoms with Gasteiger partial charge in [-0.25, -0.2) is 0 Å². The molecule has 0 saturated carbocycles. The van der Waals surface area contributed by atoms with Crippen molar-refractivity contribution in [3.8, 4) is 0 Å². The van der Waals surface area contributed by atoms with Gasteiger partial charge in [0.2, 0.25) is 5.91 Å². The second-order valence-corrected chi connectivity index (χ2v) is 5.52. The van der Waals surface area contributed by atoms with Crippen molar-refractivity contribution in [3.05, 3.63) is 34.9 Å². The van der Waals surface area contributed by atoms with Gasteiger partial charge in [-0.15, -0.1) is 0 Å². The van der Waals surface area contributed by atoms with Crippen molar-refractivity contribution in [2.75, 3.05) is 19.6 Å². The lowest BCUT2D eigenvalue weighted by molar-refractivity contribution is -0.120. The Bertz CT molecular complexity index is 376. The van der Waals surface area contributed by atoms with E-state index in [-0.39, 0.29) is 5.91 Å². The van der Waals surface area contributed by atoms with Crippen molar-refractivity contribution in [1.82, 2.24) is 10.6 Å². The highest BCUT2D eigenvalue weighted by Gasteiger charge is 2.01. The summed E-state index contributed by atoms with van der Waals surface area (Å²) in [7, 11) is 0. The van der Waals surface area contributed by atoms with Gasteiger partial charge < -0.3 is 10.6 Å². The van der Waals surface area contributed by atoms with E-state index in [0.29, 0.717) is 19.0 Å². The first kappa shape index (κ1) is 16.0. The molecule has 1 rings (SSSR count). The van der Waals surface area contributed by atoms with Gasteiger partial charge in [-0.3, -0.25) is 4.79 Å². The summed E-state index contributed by atoms with van der Waals surface area (Å²) >= 11 is 5.81. The zero-order valence-corrected chi connectivity index (χ0v) is 12.5. The third kappa shape index (κ3) is 7.85. The molecule has 0 aliphatic rings. The van der Waals surface area contributed by atoms with Crippen molar-refractivity contribution in [1.29, 1.82) is 0 Å². The van der Waals surface area contributed by atoms with Gasteiger partial charge in [0.15, 0.2) is 0 Å². The van der Waals surface area contributed by atoms with Gasteiger partial charge in [-0.2, -0.15) is 0 Å². The van der Waals surface area contributed by atoms with Crippen molar-refractivity contribution in [2.45, 2.75) is 26.7 Å². The van der Waals surface area contributed by atoms with Crippen LogP contribution in [0.2, 0.25) is 5.02 Å². The molecule has 0 heterocycles. The summed E-state index contributed by atoms with van der Waals surface area (Å²) in [4.78, 5) is 11.5. The van der Waals surface area contributed by atoms with Crippen LogP contribution in [-0.2, 0) is 11.2 Å². The number of hydrogen-bond acceptors (Lipinski definition) is 2. The molecule has 0 atom stereocenters. The minimum absolute atomic E-state index is 0.0534. The third-order valence-corrected chi connectivity index (χ3v) is 3.09. The summed E-state index contributed by atoms with van der Waals surface area (Å²) in [6, 6.07) is 7.70. The molecule has 0 fully saturated rings. The van der Waals surface area contributed by atoms with Crippen molar-refractivity contribution >= 4 is 17.5 Å². The molecular formula is C15H23ClN2O. The zero-order chi connectivity index (χ0) is 14.1. The minimum atomic E-state index is 0.0534. The Morgan fingerprint density at radius 2 is 1.89 bits per heavy atom. The highest BCUT2D eigenvalue weighted by atomic mass is 35.5. The van der Waals surface area contributed by atoms with Crippen molar-refractivity contribution < 1.29 is 4.79 Å². The first-order chi connectivity index (χ1) is 9.08. The number of benzene rings is 1. The third-order valence-electron chi connectivity index (χ3n) is 2.83. The number of amides is 1. The van der Waals surface area contributed by atoms with E-state index in [0.717, 1.165) is 24.4 Å². The summed E-state index contributed by atoms with van der Waals surface area (Å²) in [5.74, 6) is 0.721. The number of rotatable bonds is 8. The van der Waals surface area contributed by atoms with Crippen LogP contribution >= 0.6 is 11.6 Å². The molecule has 0 spiro atoms. The van der Waals surface area contributed by atoms with E-state index in [9.17, 15) is 4.79 Å². The maximum absolute atomic E-state index is 11.5. The first-order valence-electron chi connectivity index (χ1n) is 6.80. The molecular weight excluding hydrogens is 260 g/mol. The van der Waals surface area contributed by atoms with Gasteiger partial charge >= 0.3 is 0 Å². The van der Waals surface area contributed by atoms with E-state index in [1.807, 2.05) is 24.3 Å². The van der Waals surface area contributed by atoms with E-state index in [4.69, 9.17) is 11.6 Å². The van der Waals surface area contributed by atoms with E-state index < -0.39 is 0 Å².